The molecule has 2 aliphatic rings. The van der Waals surface area contributed by atoms with Crippen LogP contribution >= 0.6 is 11.3 Å². The number of pyridine rings is 2. The Hall–Kier alpha value is -3.23. The zero-order valence-corrected chi connectivity index (χ0v) is 23.4. The standard InChI is InChI=1S/C30H34N6OS/c1-15(2)25-26-18(5)28(22-10-21-9-20(22)12-35(21)11-19-6-7-31-24(37)8-19)38-30(26)34-27(25)23-13-36-29(32-14-33-36)17(4)16(23)3/h6-8,13-15,20-22,34H,9-12H2,1-5H3,(H,31,37)/t20-,21?,22+/m0/s1. The monoisotopic (exact) mass is 526 g/mol. The molecule has 2 N–H and O–H groups in total. The van der Waals surface area contributed by atoms with E-state index in [0.29, 0.717) is 23.8 Å². The summed E-state index contributed by atoms with van der Waals surface area (Å²) in [7, 11) is 0. The number of aromatic nitrogens is 5. The summed E-state index contributed by atoms with van der Waals surface area (Å²) >= 11 is 1.98. The van der Waals surface area contributed by atoms with Crippen molar-refractivity contribution in [3.05, 3.63) is 73.9 Å². The minimum atomic E-state index is -0.0131. The second kappa shape index (κ2) is 8.64. The molecule has 1 aliphatic carbocycles. The molecule has 3 atom stereocenters. The lowest BCUT2D eigenvalue weighted by Crippen LogP contribution is -2.34. The normalized spacial score (nSPS) is 21.6. The number of nitrogens with zero attached hydrogens (tertiary/aromatic N) is 4. The van der Waals surface area contributed by atoms with E-state index >= 15 is 0 Å². The summed E-state index contributed by atoms with van der Waals surface area (Å²) in [5.41, 5.74) is 9.78. The summed E-state index contributed by atoms with van der Waals surface area (Å²) in [4.78, 5) is 28.3. The number of H-pyrrole nitrogens is 2. The predicted molar refractivity (Wildman–Crippen MR) is 153 cm³/mol. The van der Waals surface area contributed by atoms with Crippen molar-refractivity contribution in [3.8, 4) is 11.3 Å². The Labute approximate surface area is 225 Å². The van der Waals surface area contributed by atoms with E-state index in [2.05, 4.69) is 65.8 Å². The van der Waals surface area contributed by atoms with Gasteiger partial charge in [0.1, 0.15) is 11.2 Å². The average Bonchev–Trinajstić information content (AvgIpc) is 3.68. The van der Waals surface area contributed by atoms with Gasteiger partial charge in [0, 0.05) is 53.4 Å². The number of rotatable bonds is 5. The molecule has 1 aliphatic heterocycles. The summed E-state index contributed by atoms with van der Waals surface area (Å²) in [6.45, 7) is 13.3. The van der Waals surface area contributed by atoms with E-state index in [1.54, 1.807) is 23.5 Å². The summed E-state index contributed by atoms with van der Waals surface area (Å²) in [5, 5.41) is 5.86. The van der Waals surface area contributed by atoms with E-state index in [4.69, 9.17) is 0 Å². The lowest BCUT2D eigenvalue weighted by molar-refractivity contribution is 0.192. The minimum absolute atomic E-state index is 0.0131. The van der Waals surface area contributed by atoms with Gasteiger partial charge in [-0.25, -0.2) is 9.50 Å². The Morgan fingerprint density at radius 2 is 2.00 bits per heavy atom. The Kier molecular flexibility index (Phi) is 5.43. The molecule has 0 amide bonds. The smallest absolute Gasteiger partial charge is 0.248 e. The molecule has 196 valence electrons. The Morgan fingerprint density at radius 3 is 2.74 bits per heavy atom. The van der Waals surface area contributed by atoms with E-state index in [1.165, 1.54) is 56.6 Å². The molecule has 7 nitrogen and oxygen atoms in total. The van der Waals surface area contributed by atoms with Gasteiger partial charge in [-0.15, -0.1) is 11.3 Å². The van der Waals surface area contributed by atoms with Crippen LogP contribution in [-0.2, 0) is 6.54 Å². The molecule has 38 heavy (non-hydrogen) atoms. The SMILES string of the molecule is Cc1c(-c2[nH]c3sc([C@@H]4CC5C[C@H]4CN5Cc4cc[nH]c(=O)c4)c(C)c3c2C(C)C)cn2ncnc2c1C. The average molecular weight is 527 g/mol. The van der Waals surface area contributed by atoms with E-state index < -0.39 is 0 Å². The molecule has 2 bridgehead atoms. The highest BCUT2D eigenvalue weighted by molar-refractivity contribution is 7.19. The number of fused-ring (bicyclic) bond motifs is 4. The van der Waals surface area contributed by atoms with Gasteiger partial charge in [0.05, 0.1) is 5.69 Å². The largest absolute Gasteiger partial charge is 0.346 e. The fraction of sp³-hybridized carbons (Fsp3) is 0.433. The van der Waals surface area contributed by atoms with Crippen LogP contribution in [0.15, 0.2) is 35.6 Å². The van der Waals surface area contributed by atoms with Crippen LogP contribution in [0.1, 0.15) is 71.2 Å². The van der Waals surface area contributed by atoms with Gasteiger partial charge in [-0.2, -0.15) is 5.10 Å². The van der Waals surface area contributed by atoms with E-state index in [0.717, 1.165) is 24.3 Å². The first-order valence-corrected chi connectivity index (χ1v) is 14.5. The Balaban J connectivity index is 1.23. The van der Waals surface area contributed by atoms with E-state index in [1.807, 2.05) is 21.9 Å². The van der Waals surface area contributed by atoms with Gasteiger partial charge >= 0.3 is 0 Å². The Morgan fingerprint density at radius 1 is 1.16 bits per heavy atom. The van der Waals surface area contributed by atoms with Gasteiger partial charge in [0.2, 0.25) is 5.56 Å². The highest BCUT2D eigenvalue weighted by Gasteiger charge is 2.46. The molecule has 0 spiro atoms. The van der Waals surface area contributed by atoms with Crippen LogP contribution in [0.4, 0.5) is 0 Å². The summed E-state index contributed by atoms with van der Waals surface area (Å²) in [6.07, 6.45) is 8.00. The van der Waals surface area contributed by atoms with Crippen LogP contribution in [0.3, 0.4) is 0 Å². The van der Waals surface area contributed by atoms with Crippen molar-refractivity contribution in [2.75, 3.05) is 6.54 Å². The molecule has 0 aromatic carbocycles. The second-order valence-electron chi connectivity index (χ2n) is 11.7. The number of hydrogen-bond donors (Lipinski definition) is 2. The molecule has 2 fully saturated rings. The maximum Gasteiger partial charge on any atom is 0.248 e. The first-order chi connectivity index (χ1) is 18.3. The quantitative estimate of drug-likeness (QED) is 0.292. The van der Waals surface area contributed by atoms with Gasteiger partial charge < -0.3 is 9.97 Å². The van der Waals surface area contributed by atoms with Crippen LogP contribution in [0.25, 0.3) is 27.1 Å². The maximum absolute atomic E-state index is 11.7. The molecule has 0 radical (unpaired) electrons. The third-order valence-corrected chi connectivity index (χ3v) is 10.5. The topological polar surface area (TPSA) is 82.1 Å². The number of thiophene rings is 1. The maximum atomic E-state index is 11.7. The van der Waals surface area contributed by atoms with Gasteiger partial charge in [0.15, 0.2) is 5.65 Å². The number of hydrogen-bond acceptors (Lipinski definition) is 5. The second-order valence-corrected chi connectivity index (χ2v) is 12.7. The summed E-state index contributed by atoms with van der Waals surface area (Å²) in [5.74, 6) is 1.71. The zero-order valence-electron chi connectivity index (χ0n) is 22.6. The molecule has 8 heteroatoms. The molecular formula is C30H34N6OS. The van der Waals surface area contributed by atoms with Gasteiger partial charge in [-0.05, 0) is 85.3 Å². The minimum Gasteiger partial charge on any atom is -0.346 e. The number of likely N-dealkylation sites (tertiary alicyclic amines) is 1. The molecule has 5 aromatic heterocycles. The third-order valence-electron chi connectivity index (χ3n) is 9.15. The highest BCUT2D eigenvalue weighted by atomic mass is 32.1. The molecule has 6 heterocycles. The lowest BCUT2D eigenvalue weighted by Gasteiger charge is -2.31. The van der Waals surface area contributed by atoms with E-state index in [9.17, 15) is 4.79 Å². The van der Waals surface area contributed by atoms with Gasteiger partial charge in [-0.3, -0.25) is 9.69 Å². The van der Waals surface area contributed by atoms with Crippen molar-refractivity contribution in [2.24, 2.45) is 5.92 Å². The zero-order chi connectivity index (χ0) is 26.3. The van der Waals surface area contributed by atoms with Crippen LogP contribution in [0.5, 0.6) is 0 Å². The summed E-state index contributed by atoms with van der Waals surface area (Å²) in [6, 6.07) is 4.38. The van der Waals surface area contributed by atoms with Crippen LogP contribution in [0.2, 0.25) is 0 Å². The van der Waals surface area contributed by atoms with Crippen molar-refractivity contribution in [3.63, 3.8) is 0 Å². The molecular weight excluding hydrogens is 492 g/mol. The summed E-state index contributed by atoms with van der Waals surface area (Å²) < 4.78 is 1.90. The third kappa shape index (κ3) is 3.53. The van der Waals surface area contributed by atoms with Crippen molar-refractivity contribution >= 4 is 27.2 Å². The molecule has 5 aromatic rings. The predicted octanol–water partition coefficient (Wildman–Crippen LogP) is 6.05. The number of nitrogens with one attached hydrogen (secondary N) is 2. The van der Waals surface area contributed by atoms with Crippen LogP contribution in [0, 0.1) is 26.7 Å². The number of aromatic amines is 2. The molecule has 1 saturated heterocycles. The molecule has 1 saturated carbocycles. The van der Waals surface area contributed by atoms with E-state index in [-0.39, 0.29) is 5.56 Å². The van der Waals surface area contributed by atoms with Crippen molar-refractivity contribution in [1.29, 1.82) is 0 Å². The lowest BCUT2D eigenvalue weighted by atomic mass is 9.88. The first kappa shape index (κ1) is 23.9. The highest BCUT2D eigenvalue weighted by Crippen LogP contribution is 2.53. The van der Waals surface area contributed by atoms with Crippen molar-refractivity contribution in [2.45, 2.75) is 71.9 Å². The van der Waals surface area contributed by atoms with Gasteiger partial charge in [0.25, 0.3) is 0 Å². The molecule has 1 unspecified atom stereocenters. The fourth-order valence-electron chi connectivity index (χ4n) is 7.23. The molecule has 7 rings (SSSR count). The van der Waals surface area contributed by atoms with Crippen molar-refractivity contribution < 1.29 is 0 Å². The van der Waals surface area contributed by atoms with Gasteiger partial charge in [-0.1, -0.05) is 13.8 Å². The van der Waals surface area contributed by atoms with Crippen molar-refractivity contribution in [1.82, 2.24) is 29.5 Å². The van der Waals surface area contributed by atoms with Crippen LogP contribution < -0.4 is 5.56 Å². The first-order valence-electron chi connectivity index (χ1n) is 13.7. The fourth-order valence-corrected chi connectivity index (χ4v) is 8.66. The number of aryl methyl sites for hydroxylation is 2. The Bertz CT molecular complexity index is 1750. The number of piperidine rings is 1. The van der Waals surface area contributed by atoms with Crippen LogP contribution in [-0.4, -0.2) is 42.1 Å².